The fourth-order valence-electron chi connectivity index (χ4n) is 2.41. The number of carbonyl (C=O) groups is 1. The van der Waals surface area contributed by atoms with Crippen LogP contribution in [0.3, 0.4) is 0 Å². The van der Waals surface area contributed by atoms with Crippen LogP contribution in [-0.2, 0) is 12.7 Å². The van der Waals surface area contributed by atoms with Crippen LogP contribution in [0.5, 0.6) is 0 Å². The second-order valence-electron chi connectivity index (χ2n) is 5.23. The summed E-state index contributed by atoms with van der Waals surface area (Å²) in [6.07, 6.45) is -3.01. The minimum Gasteiger partial charge on any atom is -0.477 e. The van der Waals surface area contributed by atoms with E-state index in [1.54, 1.807) is 4.90 Å². The minimum atomic E-state index is -4.48. The van der Waals surface area contributed by atoms with Crippen molar-refractivity contribution in [3.63, 3.8) is 0 Å². The number of aromatic amines is 1. The highest BCUT2D eigenvalue weighted by Crippen LogP contribution is 2.34. The van der Waals surface area contributed by atoms with Gasteiger partial charge in [-0.05, 0) is 0 Å². The molecule has 1 fully saturated rings. The van der Waals surface area contributed by atoms with Crippen LogP contribution in [-0.4, -0.2) is 62.5 Å². The van der Waals surface area contributed by atoms with Gasteiger partial charge in [0.05, 0.1) is 6.20 Å². The van der Waals surface area contributed by atoms with Gasteiger partial charge in [-0.3, -0.25) is 10.00 Å². The maximum absolute atomic E-state index is 12.6. The third-order valence-electron chi connectivity index (χ3n) is 3.63. The van der Waals surface area contributed by atoms with E-state index >= 15 is 0 Å². The summed E-state index contributed by atoms with van der Waals surface area (Å²) in [6.45, 7) is 2.55. The zero-order valence-corrected chi connectivity index (χ0v) is 13.1. The van der Waals surface area contributed by atoms with E-state index < -0.39 is 17.2 Å². The fraction of sp³-hybridized carbons (Fsp3) is 0.500. The van der Waals surface area contributed by atoms with Gasteiger partial charge in [-0.1, -0.05) is 11.3 Å². The molecule has 0 aliphatic carbocycles. The molecule has 2 aromatic heterocycles. The van der Waals surface area contributed by atoms with Gasteiger partial charge < -0.3 is 10.0 Å². The molecule has 3 rings (SSSR count). The van der Waals surface area contributed by atoms with Gasteiger partial charge >= 0.3 is 12.1 Å². The predicted octanol–water partition coefficient (Wildman–Crippen LogP) is 1.30. The third-order valence-corrected chi connectivity index (χ3v) is 4.65. The lowest BCUT2D eigenvalue weighted by atomic mass is 10.2. The summed E-state index contributed by atoms with van der Waals surface area (Å²) in [6, 6.07) is 0. The molecule has 1 aliphatic heterocycles. The first-order chi connectivity index (χ1) is 11.3. The molecule has 0 atom stereocenters. The summed E-state index contributed by atoms with van der Waals surface area (Å²) >= 11 is 0.527. The van der Waals surface area contributed by atoms with Crippen molar-refractivity contribution < 1.29 is 23.1 Å². The lowest BCUT2D eigenvalue weighted by Gasteiger charge is -2.34. The largest absolute Gasteiger partial charge is 0.477 e. The van der Waals surface area contributed by atoms with Crippen molar-refractivity contribution in [2.75, 3.05) is 31.1 Å². The monoisotopic (exact) mass is 362 g/mol. The minimum absolute atomic E-state index is 0.0522. The number of carboxylic acid groups (broad SMARTS) is 1. The van der Waals surface area contributed by atoms with Crippen LogP contribution in [0, 0.1) is 0 Å². The number of nitrogens with one attached hydrogen (secondary N) is 1. The van der Waals surface area contributed by atoms with Crippen LogP contribution >= 0.6 is 11.3 Å². The van der Waals surface area contributed by atoms with Crippen LogP contribution in [0.25, 0.3) is 0 Å². The smallest absolute Gasteiger partial charge is 0.445 e. The Morgan fingerprint density at radius 3 is 2.58 bits per heavy atom. The molecule has 2 aromatic rings. The Morgan fingerprint density at radius 2 is 2.00 bits per heavy atom. The number of nitrogens with zero attached hydrogens (tertiary/aromatic N) is 5. The van der Waals surface area contributed by atoms with Crippen LogP contribution < -0.4 is 4.90 Å². The molecule has 12 heteroatoms. The number of carboxylic acids is 1. The summed E-state index contributed by atoms with van der Waals surface area (Å²) in [4.78, 5) is 14.8. The number of anilines is 1. The van der Waals surface area contributed by atoms with Crippen molar-refractivity contribution >= 4 is 22.4 Å². The molecule has 1 saturated heterocycles. The van der Waals surface area contributed by atoms with E-state index in [-0.39, 0.29) is 10.8 Å². The van der Waals surface area contributed by atoms with Gasteiger partial charge in [0, 0.05) is 38.3 Å². The second-order valence-corrected chi connectivity index (χ2v) is 6.18. The highest BCUT2D eigenvalue weighted by atomic mass is 32.1. The summed E-state index contributed by atoms with van der Waals surface area (Å²) < 4.78 is 37.7. The maximum Gasteiger partial charge on any atom is 0.445 e. The Kier molecular flexibility index (Phi) is 4.41. The first-order valence-electron chi connectivity index (χ1n) is 6.98. The molecule has 0 saturated carbocycles. The van der Waals surface area contributed by atoms with Gasteiger partial charge in [-0.2, -0.15) is 18.3 Å². The molecule has 3 heterocycles. The first kappa shape index (κ1) is 16.6. The van der Waals surface area contributed by atoms with E-state index in [0.29, 0.717) is 49.6 Å². The van der Waals surface area contributed by atoms with Crippen molar-refractivity contribution in [3.8, 4) is 0 Å². The van der Waals surface area contributed by atoms with Gasteiger partial charge in [0.25, 0.3) is 0 Å². The lowest BCUT2D eigenvalue weighted by molar-refractivity contribution is -0.138. The van der Waals surface area contributed by atoms with Crippen LogP contribution in [0.1, 0.15) is 21.1 Å². The molecule has 8 nitrogen and oxygen atoms in total. The molecule has 0 bridgehead atoms. The van der Waals surface area contributed by atoms with Gasteiger partial charge in [-0.25, -0.2) is 4.79 Å². The number of H-pyrrole nitrogens is 1. The number of rotatable bonds is 4. The van der Waals surface area contributed by atoms with Crippen molar-refractivity contribution in [2.45, 2.75) is 12.7 Å². The first-order valence-corrected chi connectivity index (χ1v) is 7.80. The lowest BCUT2D eigenvalue weighted by Crippen LogP contribution is -2.46. The molecule has 0 spiro atoms. The number of halogens is 3. The molecule has 0 unspecified atom stereocenters. The molecule has 0 aromatic carbocycles. The van der Waals surface area contributed by atoms with E-state index in [0.717, 1.165) is 0 Å². The predicted molar refractivity (Wildman–Crippen MR) is 77.9 cm³/mol. The Labute approximate surface area is 137 Å². The van der Waals surface area contributed by atoms with Gasteiger partial charge in [-0.15, -0.1) is 10.2 Å². The van der Waals surface area contributed by atoms with Gasteiger partial charge in [0.15, 0.2) is 0 Å². The molecule has 1 aliphatic rings. The van der Waals surface area contributed by atoms with Crippen LogP contribution in [0.2, 0.25) is 0 Å². The Morgan fingerprint density at radius 1 is 1.29 bits per heavy atom. The van der Waals surface area contributed by atoms with Crippen LogP contribution in [0.4, 0.5) is 18.3 Å². The van der Waals surface area contributed by atoms with Crippen molar-refractivity contribution in [3.05, 3.63) is 22.5 Å². The SMILES string of the molecule is O=C(O)c1[nH]ncc1CN1CCN(c2nnc(C(F)(F)F)s2)CC1. The quantitative estimate of drug-likeness (QED) is 0.846. The van der Waals surface area contributed by atoms with E-state index in [4.69, 9.17) is 5.11 Å². The van der Waals surface area contributed by atoms with Crippen molar-refractivity contribution in [1.29, 1.82) is 0 Å². The topological polar surface area (TPSA) is 98.2 Å². The van der Waals surface area contributed by atoms with E-state index in [9.17, 15) is 18.0 Å². The molecular weight excluding hydrogens is 349 g/mol. The summed E-state index contributed by atoms with van der Waals surface area (Å²) in [5.41, 5.74) is 0.627. The highest BCUT2D eigenvalue weighted by Gasteiger charge is 2.36. The van der Waals surface area contributed by atoms with Crippen molar-refractivity contribution in [1.82, 2.24) is 25.3 Å². The third kappa shape index (κ3) is 3.48. The normalized spacial score (nSPS) is 16.5. The number of piperazine rings is 1. The summed E-state index contributed by atoms with van der Waals surface area (Å²) in [7, 11) is 0. The summed E-state index contributed by atoms with van der Waals surface area (Å²) in [5, 5.41) is 21.3. The number of hydrogen-bond acceptors (Lipinski definition) is 7. The second kappa shape index (κ2) is 6.36. The standard InChI is InChI=1S/C12H13F3N6O2S/c13-12(14,15)10-18-19-11(24-10)21-3-1-20(2-4-21)6-7-5-16-17-8(7)9(22)23/h5H,1-4,6H2,(H,16,17)(H,22,23). The number of hydrogen-bond donors (Lipinski definition) is 2. The van der Waals surface area contributed by atoms with Crippen LogP contribution in [0.15, 0.2) is 6.20 Å². The molecule has 0 radical (unpaired) electrons. The average Bonchev–Trinajstić information content (AvgIpc) is 3.16. The number of alkyl halides is 3. The average molecular weight is 362 g/mol. The molecule has 130 valence electrons. The Balaban J connectivity index is 1.59. The molecule has 24 heavy (non-hydrogen) atoms. The van der Waals surface area contributed by atoms with Crippen molar-refractivity contribution in [2.24, 2.45) is 0 Å². The number of aromatic nitrogens is 4. The van der Waals surface area contributed by atoms with E-state index in [1.165, 1.54) is 6.20 Å². The number of aromatic carboxylic acids is 1. The van der Waals surface area contributed by atoms with Gasteiger partial charge in [0.2, 0.25) is 10.1 Å². The van der Waals surface area contributed by atoms with E-state index in [1.807, 2.05) is 4.90 Å². The Bertz CT molecular complexity index is 722. The Hall–Kier alpha value is -2.21. The molecule has 0 amide bonds. The zero-order chi connectivity index (χ0) is 17.3. The fourth-order valence-corrected chi connectivity index (χ4v) is 3.18. The maximum atomic E-state index is 12.6. The van der Waals surface area contributed by atoms with Gasteiger partial charge in [0.1, 0.15) is 5.69 Å². The molecular formula is C12H13F3N6O2S. The zero-order valence-electron chi connectivity index (χ0n) is 12.2. The highest BCUT2D eigenvalue weighted by molar-refractivity contribution is 7.15. The summed E-state index contributed by atoms with van der Waals surface area (Å²) in [5.74, 6) is -1.07. The van der Waals surface area contributed by atoms with E-state index in [2.05, 4.69) is 20.4 Å². The molecule has 2 N–H and O–H groups in total.